The van der Waals surface area contributed by atoms with Crippen LogP contribution in [-0.2, 0) is 6.54 Å². The van der Waals surface area contributed by atoms with Gasteiger partial charge in [-0.3, -0.25) is 4.79 Å². The van der Waals surface area contributed by atoms with Crippen molar-refractivity contribution in [2.45, 2.75) is 6.54 Å². The first-order valence-electron chi connectivity index (χ1n) is 8.74. The molecule has 0 radical (unpaired) electrons. The number of ether oxygens (including phenoxy) is 1. The van der Waals surface area contributed by atoms with Gasteiger partial charge in [-0.15, -0.1) is 0 Å². The molecule has 0 bridgehead atoms. The Kier molecular flexibility index (Phi) is 5.29. The van der Waals surface area contributed by atoms with Crippen LogP contribution in [0.15, 0.2) is 57.9 Å². The van der Waals surface area contributed by atoms with Gasteiger partial charge in [-0.1, -0.05) is 39.7 Å². The summed E-state index contributed by atoms with van der Waals surface area (Å²) >= 11 is 9.89. The van der Waals surface area contributed by atoms with Crippen molar-refractivity contribution < 1.29 is 4.74 Å². The van der Waals surface area contributed by atoms with Crippen molar-refractivity contribution in [3.05, 3.63) is 74.1 Å². The van der Waals surface area contributed by atoms with Crippen LogP contribution in [0.25, 0.3) is 17.0 Å². The van der Waals surface area contributed by atoms with Crippen LogP contribution in [0.4, 0.5) is 5.69 Å². The first-order valence-corrected chi connectivity index (χ1v) is 9.91. The number of hydrogen-bond donors (Lipinski definition) is 1. The number of benzene rings is 2. The lowest BCUT2D eigenvalue weighted by atomic mass is 10.2. The van der Waals surface area contributed by atoms with E-state index >= 15 is 0 Å². The van der Waals surface area contributed by atoms with Crippen LogP contribution in [0.3, 0.4) is 0 Å². The lowest BCUT2D eigenvalue weighted by Crippen LogP contribution is -2.27. The van der Waals surface area contributed by atoms with Gasteiger partial charge < -0.3 is 14.6 Å². The standard InChI is InChI=1S/C20H17BrClN5O2/c1-26(11-12-9-13(21)7-8-17(12)29-2)16-10-23-27(19(28)18(16)22)20-24-14-5-3-4-6-15(14)25-20/h3-10H,11H2,1-2H3,(H,24,25). The third-order valence-electron chi connectivity index (χ3n) is 4.54. The Morgan fingerprint density at radius 3 is 2.83 bits per heavy atom. The number of para-hydroxylation sites is 2. The predicted octanol–water partition coefficient (Wildman–Crippen LogP) is 4.17. The van der Waals surface area contributed by atoms with Crippen molar-refractivity contribution in [1.29, 1.82) is 0 Å². The maximum atomic E-state index is 12.9. The minimum Gasteiger partial charge on any atom is -0.496 e. The molecule has 0 fully saturated rings. The molecule has 4 rings (SSSR count). The zero-order chi connectivity index (χ0) is 20.5. The van der Waals surface area contributed by atoms with Gasteiger partial charge in [-0.2, -0.15) is 9.78 Å². The number of H-pyrrole nitrogens is 1. The van der Waals surface area contributed by atoms with Crippen molar-refractivity contribution in [2.24, 2.45) is 0 Å². The summed E-state index contributed by atoms with van der Waals surface area (Å²) in [5.41, 5.74) is 2.58. The molecule has 0 atom stereocenters. The van der Waals surface area contributed by atoms with Gasteiger partial charge in [0.25, 0.3) is 5.56 Å². The number of hydrogen-bond acceptors (Lipinski definition) is 5. The smallest absolute Gasteiger partial charge is 0.295 e. The first kappa shape index (κ1) is 19.5. The Bertz CT molecular complexity index is 1220. The second-order valence-corrected chi connectivity index (χ2v) is 7.74. The number of nitrogens with zero attached hydrogens (tertiary/aromatic N) is 4. The highest BCUT2D eigenvalue weighted by atomic mass is 79.9. The van der Waals surface area contributed by atoms with Gasteiger partial charge in [0.2, 0.25) is 5.95 Å². The first-order chi connectivity index (χ1) is 14.0. The Morgan fingerprint density at radius 1 is 1.28 bits per heavy atom. The van der Waals surface area contributed by atoms with E-state index in [1.54, 1.807) is 13.3 Å². The molecule has 29 heavy (non-hydrogen) atoms. The van der Waals surface area contributed by atoms with Crippen molar-refractivity contribution in [3.8, 4) is 11.7 Å². The summed E-state index contributed by atoms with van der Waals surface area (Å²) in [6, 6.07) is 13.3. The largest absolute Gasteiger partial charge is 0.496 e. The van der Waals surface area contributed by atoms with E-state index in [0.717, 1.165) is 26.8 Å². The summed E-state index contributed by atoms with van der Waals surface area (Å²) in [5.74, 6) is 1.07. The van der Waals surface area contributed by atoms with Crippen LogP contribution in [0.5, 0.6) is 5.75 Å². The molecule has 0 aliphatic rings. The average Bonchev–Trinajstić information content (AvgIpc) is 3.14. The summed E-state index contributed by atoms with van der Waals surface area (Å²) in [4.78, 5) is 22.2. The van der Waals surface area contributed by atoms with Gasteiger partial charge in [-0.05, 0) is 30.3 Å². The molecule has 0 aliphatic heterocycles. The molecule has 0 saturated heterocycles. The molecular weight excluding hydrogens is 458 g/mol. The highest BCUT2D eigenvalue weighted by Crippen LogP contribution is 2.27. The highest BCUT2D eigenvalue weighted by Gasteiger charge is 2.17. The van der Waals surface area contributed by atoms with Crippen LogP contribution < -0.4 is 15.2 Å². The molecule has 9 heteroatoms. The van der Waals surface area contributed by atoms with Crippen molar-refractivity contribution in [3.63, 3.8) is 0 Å². The lowest BCUT2D eigenvalue weighted by molar-refractivity contribution is 0.409. The molecule has 2 aromatic heterocycles. The van der Waals surface area contributed by atoms with E-state index in [1.807, 2.05) is 54.4 Å². The van der Waals surface area contributed by atoms with E-state index in [-0.39, 0.29) is 5.02 Å². The third-order valence-corrected chi connectivity index (χ3v) is 5.39. The summed E-state index contributed by atoms with van der Waals surface area (Å²) in [5, 5.41) is 4.34. The van der Waals surface area contributed by atoms with Crippen molar-refractivity contribution in [1.82, 2.24) is 19.7 Å². The second kappa shape index (κ2) is 7.88. The number of fused-ring (bicyclic) bond motifs is 1. The maximum absolute atomic E-state index is 12.9. The molecule has 0 spiro atoms. The molecular formula is C20H17BrClN5O2. The minimum atomic E-state index is -0.448. The topological polar surface area (TPSA) is 76.0 Å². The number of imidazole rings is 1. The minimum absolute atomic E-state index is 0.0666. The van der Waals surface area contributed by atoms with Gasteiger partial charge in [-0.25, -0.2) is 4.98 Å². The van der Waals surface area contributed by atoms with Crippen LogP contribution >= 0.6 is 27.5 Å². The second-order valence-electron chi connectivity index (χ2n) is 6.45. The Labute approximate surface area is 180 Å². The zero-order valence-corrected chi connectivity index (χ0v) is 18.0. The number of anilines is 1. The SMILES string of the molecule is COc1ccc(Br)cc1CN(C)c1cnn(-c2nc3ccccc3[nH]2)c(=O)c1Cl. The van der Waals surface area contributed by atoms with E-state index in [2.05, 4.69) is 31.0 Å². The molecule has 2 heterocycles. The molecule has 148 valence electrons. The van der Waals surface area contributed by atoms with E-state index < -0.39 is 5.56 Å². The summed E-state index contributed by atoms with van der Waals surface area (Å²) in [7, 11) is 3.46. The predicted molar refractivity (Wildman–Crippen MR) is 117 cm³/mol. The van der Waals surface area contributed by atoms with Crippen LogP contribution in [0.2, 0.25) is 5.02 Å². The van der Waals surface area contributed by atoms with Crippen LogP contribution in [0, 0.1) is 0 Å². The lowest BCUT2D eigenvalue weighted by Gasteiger charge is -2.21. The van der Waals surface area contributed by atoms with E-state index in [4.69, 9.17) is 16.3 Å². The molecule has 0 unspecified atom stereocenters. The van der Waals surface area contributed by atoms with E-state index in [1.165, 1.54) is 4.68 Å². The Balaban J connectivity index is 1.68. The molecule has 7 nitrogen and oxygen atoms in total. The monoisotopic (exact) mass is 473 g/mol. The fourth-order valence-corrected chi connectivity index (χ4v) is 3.77. The van der Waals surface area contributed by atoms with Gasteiger partial charge >= 0.3 is 0 Å². The summed E-state index contributed by atoms with van der Waals surface area (Å²) in [6.45, 7) is 0.484. The number of nitrogens with one attached hydrogen (secondary N) is 1. The molecule has 0 amide bonds. The molecule has 0 aliphatic carbocycles. The summed E-state index contributed by atoms with van der Waals surface area (Å²) in [6.07, 6.45) is 1.56. The number of halogens is 2. The molecule has 1 N–H and O–H groups in total. The normalized spacial score (nSPS) is 11.0. The quantitative estimate of drug-likeness (QED) is 0.470. The number of methoxy groups -OCH3 is 1. The van der Waals surface area contributed by atoms with Crippen LogP contribution in [-0.4, -0.2) is 33.9 Å². The van der Waals surface area contributed by atoms with Gasteiger partial charge in [0.05, 0.1) is 30.0 Å². The fourth-order valence-electron chi connectivity index (χ4n) is 3.09. The number of aromatic nitrogens is 4. The maximum Gasteiger partial charge on any atom is 0.295 e. The highest BCUT2D eigenvalue weighted by molar-refractivity contribution is 9.10. The fraction of sp³-hybridized carbons (Fsp3) is 0.150. The van der Waals surface area contributed by atoms with Crippen molar-refractivity contribution in [2.75, 3.05) is 19.1 Å². The van der Waals surface area contributed by atoms with Crippen LogP contribution in [0.1, 0.15) is 5.56 Å². The number of rotatable bonds is 5. The Morgan fingerprint density at radius 2 is 2.07 bits per heavy atom. The molecule has 2 aromatic carbocycles. The van der Waals surface area contributed by atoms with Gasteiger partial charge in [0, 0.05) is 23.6 Å². The number of aromatic amines is 1. The van der Waals surface area contributed by atoms with Crippen molar-refractivity contribution >= 4 is 44.3 Å². The van der Waals surface area contributed by atoms with Gasteiger partial charge in [0.15, 0.2) is 0 Å². The van der Waals surface area contributed by atoms with E-state index in [0.29, 0.717) is 18.2 Å². The molecule has 0 saturated carbocycles. The Hall–Kier alpha value is -2.84. The third kappa shape index (κ3) is 3.73. The van der Waals surface area contributed by atoms with Gasteiger partial charge in [0.1, 0.15) is 10.8 Å². The average molecular weight is 475 g/mol. The zero-order valence-electron chi connectivity index (χ0n) is 15.7. The molecule has 4 aromatic rings. The van der Waals surface area contributed by atoms with E-state index in [9.17, 15) is 4.79 Å². The summed E-state index contributed by atoms with van der Waals surface area (Å²) < 4.78 is 7.52.